The molecule has 2 aromatic rings. The molecule has 2 unspecified atom stereocenters. The first-order valence-corrected chi connectivity index (χ1v) is 14.2. The molecule has 0 amide bonds. The second-order valence-corrected chi connectivity index (χ2v) is 11.1. The molecule has 1 saturated carbocycles. The van der Waals surface area contributed by atoms with E-state index in [9.17, 15) is 13.4 Å². The summed E-state index contributed by atoms with van der Waals surface area (Å²) < 4.78 is 35.3. The molecule has 2 aromatic carbocycles. The number of carboxylic acids is 1. The Balaban J connectivity index is 1.83. The molecule has 1 heterocycles. The van der Waals surface area contributed by atoms with Crippen LogP contribution in [-0.4, -0.2) is 45.0 Å². The number of fused-ring (bicyclic) bond motifs is 1. The number of hydrogen-bond donors (Lipinski definition) is 1. The molecule has 0 saturated heterocycles. The summed E-state index contributed by atoms with van der Waals surface area (Å²) in [5.74, 6) is -2.25. The van der Waals surface area contributed by atoms with Crippen LogP contribution in [0, 0.1) is 5.92 Å². The maximum Gasteiger partial charge on any atom is 0.368 e. The first kappa shape index (κ1) is 25.7. The molecule has 1 aliphatic heterocycles. The standard InChI is InChI=1S/C26H31FN2O4S2/c1-3-4-8-20-16-28(19-9-6-5-7-10-19)22-13-24(34-2)23(33-17-21(27)26(30)31)14-25(22)35(32)29(20)15-18-11-12-18/h5-7,9-10,13-14,17-18,20H,3-4,8,11-12,15-16H2,1-2H3,(H,30,31)/b21-17-. The Hall–Kier alpha value is -2.36. The van der Waals surface area contributed by atoms with Crippen molar-refractivity contribution in [1.82, 2.24) is 4.31 Å². The van der Waals surface area contributed by atoms with Crippen molar-refractivity contribution in [1.29, 1.82) is 0 Å². The third-order valence-electron chi connectivity index (χ3n) is 6.33. The zero-order valence-electron chi connectivity index (χ0n) is 20.0. The first-order chi connectivity index (χ1) is 16.9. The van der Waals surface area contributed by atoms with Crippen molar-refractivity contribution in [3.63, 3.8) is 0 Å². The van der Waals surface area contributed by atoms with Crippen LogP contribution in [-0.2, 0) is 15.8 Å². The number of para-hydroxylation sites is 1. The molecule has 4 rings (SSSR count). The van der Waals surface area contributed by atoms with Crippen LogP contribution < -0.4 is 9.64 Å². The predicted octanol–water partition coefficient (Wildman–Crippen LogP) is 6.13. The lowest BCUT2D eigenvalue weighted by molar-refractivity contribution is -0.134. The number of thioether (sulfide) groups is 1. The van der Waals surface area contributed by atoms with Gasteiger partial charge in [-0.25, -0.2) is 13.3 Å². The predicted molar refractivity (Wildman–Crippen MR) is 138 cm³/mol. The monoisotopic (exact) mass is 518 g/mol. The fraction of sp³-hybridized carbons (Fsp3) is 0.423. The molecular formula is C26H31FN2O4S2. The number of halogens is 1. The Kier molecular flexibility index (Phi) is 8.51. The van der Waals surface area contributed by atoms with E-state index in [1.807, 2.05) is 42.7 Å². The zero-order chi connectivity index (χ0) is 24.9. The molecule has 1 aliphatic carbocycles. The van der Waals surface area contributed by atoms with Crippen molar-refractivity contribution in [2.75, 3.05) is 24.2 Å². The van der Waals surface area contributed by atoms with E-state index in [0.717, 1.165) is 50.0 Å². The normalized spacial score (nSPS) is 20.9. The van der Waals surface area contributed by atoms with Crippen LogP contribution in [0.25, 0.3) is 0 Å². The van der Waals surface area contributed by atoms with Crippen molar-refractivity contribution in [3.05, 3.63) is 54.6 Å². The molecule has 0 radical (unpaired) electrons. The van der Waals surface area contributed by atoms with Crippen molar-refractivity contribution >= 4 is 40.1 Å². The largest absolute Gasteiger partial charge is 0.476 e. The van der Waals surface area contributed by atoms with Crippen LogP contribution in [0.4, 0.5) is 15.8 Å². The molecule has 2 atom stereocenters. The van der Waals surface area contributed by atoms with Crippen LogP contribution in [0.5, 0.6) is 5.75 Å². The Bertz CT molecular complexity index is 1110. The van der Waals surface area contributed by atoms with E-state index in [1.54, 1.807) is 6.07 Å². The summed E-state index contributed by atoms with van der Waals surface area (Å²) in [6, 6.07) is 13.8. The highest BCUT2D eigenvalue weighted by atomic mass is 32.2. The lowest BCUT2D eigenvalue weighted by Gasteiger charge is -2.31. The molecule has 1 N–H and O–H groups in total. The van der Waals surface area contributed by atoms with Gasteiger partial charge in [-0.2, -0.15) is 4.39 Å². The Morgan fingerprint density at radius 3 is 2.66 bits per heavy atom. The second kappa shape index (κ2) is 11.6. The summed E-state index contributed by atoms with van der Waals surface area (Å²) in [6.07, 6.45) is 7.82. The van der Waals surface area contributed by atoms with Gasteiger partial charge in [0.25, 0.3) is 0 Å². The van der Waals surface area contributed by atoms with Crippen molar-refractivity contribution in [2.45, 2.75) is 54.9 Å². The number of aliphatic carboxylic acids is 1. The minimum atomic E-state index is -1.70. The Morgan fingerprint density at radius 1 is 1.29 bits per heavy atom. The van der Waals surface area contributed by atoms with Gasteiger partial charge in [-0.05, 0) is 49.6 Å². The number of ether oxygens (including phenoxy) is 1. The van der Waals surface area contributed by atoms with E-state index in [2.05, 4.69) is 16.1 Å². The number of carbonyl (C=O) groups is 1. The summed E-state index contributed by atoms with van der Waals surface area (Å²) in [5.41, 5.74) is 1.84. The molecule has 0 bridgehead atoms. The first-order valence-electron chi connectivity index (χ1n) is 11.9. The van der Waals surface area contributed by atoms with Crippen LogP contribution in [0.2, 0.25) is 0 Å². The fourth-order valence-corrected chi connectivity index (χ4v) is 6.39. The van der Waals surface area contributed by atoms with Crippen molar-refractivity contribution in [2.24, 2.45) is 5.92 Å². The highest BCUT2D eigenvalue weighted by Crippen LogP contribution is 2.44. The summed E-state index contributed by atoms with van der Waals surface area (Å²) in [5, 5.41) is 8.85. The van der Waals surface area contributed by atoms with Crippen molar-refractivity contribution in [3.8, 4) is 5.75 Å². The van der Waals surface area contributed by atoms with Gasteiger partial charge in [0.15, 0.2) is 0 Å². The number of nitrogens with zero attached hydrogens (tertiary/aromatic N) is 2. The number of anilines is 2. The summed E-state index contributed by atoms with van der Waals surface area (Å²) >= 11 is 1.41. The SMILES string of the molecule is CCCCC1CN(c2ccccc2)c2cc(SC)c(O/C=C(\F)C(=O)O)cc2S(=O)N1CC1CC1. The lowest BCUT2D eigenvalue weighted by Crippen LogP contribution is -2.42. The van der Waals surface area contributed by atoms with E-state index in [1.165, 1.54) is 11.8 Å². The number of benzene rings is 2. The summed E-state index contributed by atoms with van der Waals surface area (Å²) in [4.78, 5) is 14.4. The third kappa shape index (κ3) is 6.08. The van der Waals surface area contributed by atoms with Crippen LogP contribution in [0.1, 0.15) is 39.0 Å². The highest BCUT2D eigenvalue weighted by Gasteiger charge is 2.37. The number of carboxylic acid groups (broad SMARTS) is 1. The molecule has 1 fully saturated rings. The van der Waals surface area contributed by atoms with E-state index in [-0.39, 0.29) is 11.8 Å². The van der Waals surface area contributed by atoms with Gasteiger partial charge in [0.1, 0.15) is 23.0 Å². The molecule has 2 aliphatic rings. The van der Waals surface area contributed by atoms with Gasteiger partial charge in [-0.3, -0.25) is 0 Å². The quantitative estimate of drug-likeness (QED) is 0.232. The zero-order valence-corrected chi connectivity index (χ0v) is 21.6. The van der Waals surface area contributed by atoms with E-state index >= 15 is 0 Å². The number of unbranched alkanes of at least 4 members (excludes halogenated alkanes) is 1. The average Bonchev–Trinajstić information content (AvgIpc) is 3.70. The Labute approximate surface area is 212 Å². The van der Waals surface area contributed by atoms with Gasteiger partial charge in [0, 0.05) is 30.9 Å². The lowest BCUT2D eigenvalue weighted by atomic mass is 10.1. The van der Waals surface area contributed by atoms with Crippen LogP contribution >= 0.6 is 11.8 Å². The molecule has 0 spiro atoms. The average molecular weight is 519 g/mol. The van der Waals surface area contributed by atoms with Gasteiger partial charge >= 0.3 is 5.97 Å². The van der Waals surface area contributed by atoms with E-state index < -0.39 is 22.8 Å². The summed E-state index contributed by atoms with van der Waals surface area (Å²) in [6.45, 7) is 3.65. The number of rotatable bonds is 10. The van der Waals surface area contributed by atoms with Crippen molar-refractivity contribution < 1.29 is 23.2 Å². The van der Waals surface area contributed by atoms with Gasteiger partial charge in [0.05, 0.1) is 15.5 Å². The molecule has 35 heavy (non-hydrogen) atoms. The maximum absolute atomic E-state index is 14.1. The smallest absolute Gasteiger partial charge is 0.368 e. The van der Waals surface area contributed by atoms with E-state index in [0.29, 0.717) is 28.5 Å². The van der Waals surface area contributed by atoms with Gasteiger partial charge in [0.2, 0.25) is 5.83 Å². The van der Waals surface area contributed by atoms with Crippen LogP contribution in [0.15, 0.2) is 64.3 Å². The minimum absolute atomic E-state index is 0.107. The molecule has 6 nitrogen and oxygen atoms in total. The maximum atomic E-state index is 14.1. The second-order valence-electron chi connectivity index (χ2n) is 8.89. The molecule has 9 heteroatoms. The number of hydrogen-bond acceptors (Lipinski definition) is 5. The fourth-order valence-electron chi connectivity index (χ4n) is 4.26. The van der Waals surface area contributed by atoms with Gasteiger partial charge < -0.3 is 14.7 Å². The van der Waals surface area contributed by atoms with Gasteiger partial charge in [-0.15, -0.1) is 11.8 Å². The molecule has 0 aromatic heterocycles. The molecule has 188 valence electrons. The highest BCUT2D eigenvalue weighted by molar-refractivity contribution is 7.98. The molecular weight excluding hydrogens is 487 g/mol. The topological polar surface area (TPSA) is 70.1 Å². The Morgan fingerprint density at radius 2 is 2.03 bits per heavy atom. The van der Waals surface area contributed by atoms with Crippen LogP contribution in [0.3, 0.4) is 0 Å². The van der Waals surface area contributed by atoms with E-state index in [4.69, 9.17) is 9.84 Å². The minimum Gasteiger partial charge on any atom is -0.476 e. The van der Waals surface area contributed by atoms with Gasteiger partial charge in [-0.1, -0.05) is 38.0 Å². The third-order valence-corrected chi connectivity index (χ3v) is 8.66. The summed E-state index contributed by atoms with van der Waals surface area (Å²) in [7, 11) is -1.45.